The van der Waals surface area contributed by atoms with Crippen LogP contribution in [0.4, 0.5) is 20.2 Å². The second-order valence-electron chi connectivity index (χ2n) is 6.04. The highest BCUT2D eigenvalue weighted by Gasteiger charge is 2.15. The van der Waals surface area contributed by atoms with Gasteiger partial charge in [-0.05, 0) is 38.5 Å². The zero-order valence-electron chi connectivity index (χ0n) is 15.0. The summed E-state index contributed by atoms with van der Waals surface area (Å²) < 4.78 is 28.5. The van der Waals surface area contributed by atoms with Crippen molar-refractivity contribution in [1.82, 2.24) is 14.5 Å². The molecule has 1 unspecified atom stereocenters. The van der Waals surface area contributed by atoms with E-state index in [9.17, 15) is 13.6 Å². The van der Waals surface area contributed by atoms with E-state index in [4.69, 9.17) is 0 Å². The van der Waals surface area contributed by atoms with Crippen molar-refractivity contribution < 1.29 is 8.78 Å². The normalized spacial score (nSPS) is 13.0. The van der Waals surface area contributed by atoms with Crippen molar-refractivity contribution >= 4 is 22.5 Å². The number of imidazole rings is 1. The molecule has 0 saturated carbocycles. The number of hydrogen-bond donors (Lipinski definition) is 2. The van der Waals surface area contributed by atoms with Gasteiger partial charge in [-0.3, -0.25) is 4.57 Å². The zero-order chi connectivity index (χ0) is 19.4. The summed E-state index contributed by atoms with van der Waals surface area (Å²) in [7, 11) is 0. The quantitative estimate of drug-likeness (QED) is 0.611. The third-order valence-electron chi connectivity index (χ3n) is 4.12. The molecule has 0 aliphatic rings. The van der Waals surface area contributed by atoms with Gasteiger partial charge in [0.15, 0.2) is 5.65 Å². The molecule has 7 heteroatoms. The number of pyridine rings is 1. The molecule has 0 amide bonds. The van der Waals surface area contributed by atoms with Gasteiger partial charge in [-0.2, -0.15) is 0 Å². The second-order valence-corrected chi connectivity index (χ2v) is 6.04. The Morgan fingerprint density at radius 3 is 2.78 bits per heavy atom. The van der Waals surface area contributed by atoms with E-state index in [2.05, 4.69) is 15.3 Å². The number of aromatic amines is 1. The number of allylic oxidation sites excluding steroid dienone is 4. The Labute approximate surface area is 155 Å². The van der Waals surface area contributed by atoms with Crippen LogP contribution < -0.4 is 11.0 Å². The zero-order valence-corrected chi connectivity index (χ0v) is 15.0. The van der Waals surface area contributed by atoms with Gasteiger partial charge in [-0.15, -0.1) is 0 Å². The third kappa shape index (κ3) is 3.97. The van der Waals surface area contributed by atoms with Crippen LogP contribution in [0.25, 0.3) is 11.2 Å². The molecule has 2 aromatic heterocycles. The van der Waals surface area contributed by atoms with E-state index < -0.39 is 11.6 Å². The number of aromatic nitrogens is 3. The van der Waals surface area contributed by atoms with Gasteiger partial charge in [0, 0.05) is 6.07 Å². The maximum absolute atomic E-state index is 13.8. The van der Waals surface area contributed by atoms with Crippen LogP contribution in [0.1, 0.15) is 26.3 Å². The number of halogens is 2. The van der Waals surface area contributed by atoms with Crippen molar-refractivity contribution in [3.05, 3.63) is 76.9 Å². The number of benzene rings is 1. The van der Waals surface area contributed by atoms with Crippen molar-refractivity contribution in [3.63, 3.8) is 0 Å². The minimum atomic E-state index is -0.708. The van der Waals surface area contributed by atoms with E-state index in [1.807, 2.05) is 38.2 Å². The van der Waals surface area contributed by atoms with Crippen molar-refractivity contribution in [1.29, 1.82) is 0 Å². The lowest BCUT2D eigenvalue weighted by molar-refractivity contribution is 0.586. The van der Waals surface area contributed by atoms with Gasteiger partial charge >= 0.3 is 5.69 Å². The number of H-pyrrole nitrogens is 1. The molecule has 3 aromatic rings. The standard InChI is InChI=1S/C20H20F2N4O/c1-3-5-7-15(6-4-2)26-19-18(25-20(26)27)11-14(12-23-19)24-17-9-8-13(21)10-16(17)22/h3-6,8-12,15,24H,7H2,1-2H3,(H,25,27)/b5-3-,6-4-. The Kier molecular flexibility index (Phi) is 5.49. The van der Waals surface area contributed by atoms with Crippen LogP contribution in [0, 0.1) is 11.6 Å². The lowest BCUT2D eigenvalue weighted by Gasteiger charge is -2.12. The van der Waals surface area contributed by atoms with Crippen LogP contribution in [-0.4, -0.2) is 14.5 Å². The SMILES string of the molecule is C/C=C\CC(/C=C\C)n1c(=O)[nH]c2cc(Nc3ccc(F)cc3F)cnc21. The Morgan fingerprint density at radius 1 is 1.26 bits per heavy atom. The Balaban J connectivity index is 1.98. The summed E-state index contributed by atoms with van der Waals surface area (Å²) in [6, 6.07) is 4.79. The molecule has 0 aliphatic heterocycles. The highest BCUT2D eigenvalue weighted by molar-refractivity contribution is 5.76. The summed E-state index contributed by atoms with van der Waals surface area (Å²) in [6.45, 7) is 3.82. The second kappa shape index (κ2) is 7.99. The predicted octanol–water partition coefficient (Wildman–Crippen LogP) is 4.83. The maximum Gasteiger partial charge on any atom is 0.328 e. The van der Waals surface area contributed by atoms with Crippen LogP contribution in [-0.2, 0) is 0 Å². The molecule has 27 heavy (non-hydrogen) atoms. The molecular formula is C20H20F2N4O. The van der Waals surface area contributed by atoms with Crippen LogP contribution in [0.3, 0.4) is 0 Å². The lowest BCUT2D eigenvalue weighted by atomic mass is 10.1. The first-order chi connectivity index (χ1) is 13.0. The average Bonchev–Trinajstić information content (AvgIpc) is 2.96. The smallest absolute Gasteiger partial charge is 0.328 e. The monoisotopic (exact) mass is 370 g/mol. The van der Waals surface area contributed by atoms with Gasteiger partial charge in [-0.25, -0.2) is 18.6 Å². The summed E-state index contributed by atoms with van der Waals surface area (Å²) in [5, 5.41) is 2.85. The number of hydrogen-bond acceptors (Lipinski definition) is 3. The first-order valence-corrected chi connectivity index (χ1v) is 8.59. The molecule has 0 fully saturated rings. The minimum Gasteiger partial charge on any atom is -0.352 e. The average molecular weight is 370 g/mol. The lowest BCUT2D eigenvalue weighted by Crippen LogP contribution is -2.21. The van der Waals surface area contributed by atoms with Crippen molar-refractivity contribution in [2.75, 3.05) is 5.32 Å². The van der Waals surface area contributed by atoms with Gasteiger partial charge in [0.25, 0.3) is 0 Å². The Hall–Kier alpha value is -3.22. The fourth-order valence-electron chi connectivity index (χ4n) is 2.90. The summed E-state index contributed by atoms with van der Waals surface area (Å²) in [4.78, 5) is 19.6. The number of rotatable bonds is 6. The highest BCUT2D eigenvalue weighted by Crippen LogP contribution is 2.24. The fourth-order valence-corrected chi connectivity index (χ4v) is 2.90. The molecule has 0 aliphatic carbocycles. The first kappa shape index (κ1) is 18.6. The number of nitrogens with zero attached hydrogens (tertiary/aromatic N) is 2. The van der Waals surface area contributed by atoms with Gasteiger partial charge < -0.3 is 10.3 Å². The largest absolute Gasteiger partial charge is 0.352 e. The fraction of sp³-hybridized carbons (Fsp3) is 0.200. The van der Waals surface area contributed by atoms with Crippen LogP contribution in [0.2, 0.25) is 0 Å². The van der Waals surface area contributed by atoms with E-state index in [1.165, 1.54) is 18.3 Å². The molecule has 2 N–H and O–H groups in total. The minimum absolute atomic E-state index is 0.124. The molecular weight excluding hydrogens is 350 g/mol. The maximum atomic E-state index is 13.8. The van der Waals surface area contributed by atoms with E-state index in [-0.39, 0.29) is 17.4 Å². The van der Waals surface area contributed by atoms with Crippen LogP contribution >= 0.6 is 0 Å². The predicted molar refractivity (Wildman–Crippen MR) is 103 cm³/mol. The first-order valence-electron chi connectivity index (χ1n) is 8.59. The molecule has 1 atom stereocenters. The van der Waals surface area contributed by atoms with E-state index in [1.54, 1.807) is 10.6 Å². The molecule has 0 spiro atoms. The Bertz CT molecular complexity index is 1070. The third-order valence-corrected chi connectivity index (χ3v) is 4.12. The highest BCUT2D eigenvalue weighted by atomic mass is 19.1. The summed E-state index contributed by atoms with van der Waals surface area (Å²) in [6.07, 6.45) is 9.93. The van der Waals surface area contributed by atoms with Crippen molar-refractivity contribution in [2.24, 2.45) is 0 Å². The Morgan fingerprint density at radius 2 is 2.07 bits per heavy atom. The molecule has 3 rings (SSSR count). The van der Waals surface area contributed by atoms with Gasteiger partial charge in [0.2, 0.25) is 0 Å². The summed E-state index contributed by atoms with van der Waals surface area (Å²) in [5.74, 6) is -1.36. The molecule has 0 bridgehead atoms. The molecule has 0 radical (unpaired) electrons. The molecule has 0 saturated heterocycles. The molecule has 1 aromatic carbocycles. The number of nitrogens with one attached hydrogen (secondary N) is 2. The number of anilines is 2. The van der Waals surface area contributed by atoms with E-state index >= 15 is 0 Å². The van der Waals surface area contributed by atoms with E-state index in [0.29, 0.717) is 23.3 Å². The van der Waals surface area contributed by atoms with Crippen molar-refractivity contribution in [2.45, 2.75) is 26.3 Å². The topological polar surface area (TPSA) is 62.7 Å². The van der Waals surface area contributed by atoms with E-state index in [0.717, 1.165) is 6.07 Å². The van der Waals surface area contributed by atoms with Crippen LogP contribution in [0.5, 0.6) is 0 Å². The van der Waals surface area contributed by atoms with Crippen LogP contribution in [0.15, 0.2) is 59.6 Å². The molecule has 5 nitrogen and oxygen atoms in total. The van der Waals surface area contributed by atoms with Gasteiger partial charge in [0.1, 0.15) is 11.6 Å². The molecule has 140 valence electrons. The van der Waals surface area contributed by atoms with Gasteiger partial charge in [0.05, 0.1) is 29.1 Å². The van der Waals surface area contributed by atoms with Crippen molar-refractivity contribution in [3.8, 4) is 0 Å². The number of fused-ring (bicyclic) bond motifs is 1. The summed E-state index contributed by atoms with van der Waals surface area (Å²) >= 11 is 0. The summed E-state index contributed by atoms with van der Waals surface area (Å²) in [5.41, 5.74) is 1.38. The molecule has 2 heterocycles. The van der Waals surface area contributed by atoms with Gasteiger partial charge in [-0.1, -0.05) is 24.3 Å².